The highest BCUT2D eigenvalue weighted by atomic mass is 32.2. The van der Waals surface area contributed by atoms with E-state index >= 15 is 0 Å². The summed E-state index contributed by atoms with van der Waals surface area (Å²) in [6.45, 7) is 1.55. The van der Waals surface area contributed by atoms with Crippen LogP contribution in [0.4, 0.5) is 13.2 Å². The van der Waals surface area contributed by atoms with Crippen molar-refractivity contribution in [3.8, 4) is 0 Å². The molecule has 5 nitrogen and oxygen atoms in total. The van der Waals surface area contributed by atoms with Gasteiger partial charge in [0.05, 0.1) is 0 Å². The predicted molar refractivity (Wildman–Crippen MR) is 53.6 cm³/mol. The zero-order valence-corrected chi connectivity index (χ0v) is 9.85. The topological polar surface area (TPSA) is 78.0 Å². The fraction of sp³-hybridized carbons (Fsp3) is 0.625. The minimum atomic E-state index is -4.21. The molecular formula is C8H12F3N3O2S. The Hall–Kier alpha value is -1.09. The normalized spacial score (nSPS) is 13.0. The van der Waals surface area contributed by atoms with E-state index in [1.807, 2.05) is 0 Å². The van der Waals surface area contributed by atoms with Gasteiger partial charge in [-0.25, -0.2) is 18.5 Å². The largest absolute Gasteiger partial charge is 0.389 e. The molecule has 9 heteroatoms. The third kappa shape index (κ3) is 4.35. The van der Waals surface area contributed by atoms with Gasteiger partial charge in [0.15, 0.2) is 5.03 Å². The molecule has 1 rings (SSSR count). The number of hydrogen-bond acceptors (Lipinski definition) is 3. The van der Waals surface area contributed by atoms with Crippen molar-refractivity contribution >= 4 is 10.0 Å². The van der Waals surface area contributed by atoms with Crippen LogP contribution in [0.1, 0.15) is 18.7 Å². The summed E-state index contributed by atoms with van der Waals surface area (Å²) in [5.74, 6) is 0.316. The zero-order valence-electron chi connectivity index (χ0n) is 9.03. The van der Waals surface area contributed by atoms with Crippen LogP contribution in [-0.2, 0) is 16.6 Å². The minimum absolute atomic E-state index is 0.0495. The SMILES string of the molecule is Cc1nc(S(N)(=O)=O)cn1CCCC(F)(F)F. The highest BCUT2D eigenvalue weighted by Gasteiger charge is 2.26. The molecule has 98 valence electrons. The van der Waals surface area contributed by atoms with Crippen molar-refractivity contribution in [3.05, 3.63) is 12.0 Å². The molecule has 2 N–H and O–H groups in total. The second kappa shape index (κ2) is 4.65. The van der Waals surface area contributed by atoms with Gasteiger partial charge in [-0.3, -0.25) is 0 Å². The first-order valence-corrected chi connectivity index (χ1v) is 6.27. The lowest BCUT2D eigenvalue weighted by Gasteiger charge is -2.07. The standard InChI is InChI=1S/C8H12F3N3O2S/c1-6-13-7(17(12,15)16)5-14(6)4-2-3-8(9,10)11/h5H,2-4H2,1H3,(H2,12,15,16). The number of imidazole rings is 1. The molecular weight excluding hydrogens is 259 g/mol. The molecule has 0 aliphatic carbocycles. The summed E-state index contributed by atoms with van der Waals surface area (Å²) in [5.41, 5.74) is 0. The maximum Gasteiger partial charge on any atom is 0.389 e. The first kappa shape index (κ1) is 14.0. The molecule has 0 saturated carbocycles. The van der Waals surface area contributed by atoms with E-state index in [4.69, 9.17) is 5.14 Å². The van der Waals surface area contributed by atoms with Gasteiger partial charge in [0.25, 0.3) is 10.0 Å². The van der Waals surface area contributed by atoms with Crippen LogP contribution in [0.2, 0.25) is 0 Å². The number of rotatable bonds is 4. The number of sulfonamides is 1. The Kier molecular flexibility index (Phi) is 3.82. The van der Waals surface area contributed by atoms with Crippen molar-refractivity contribution in [2.75, 3.05) is 0 Å². The summed E-state index contributed by atoms with van der Waals surface area (Å²) in [5, 5.41) is 4.52. The van der Waals surface area contributed by atoms with E-state index in [1.165, 1.54) is 11.5 Å². The Bertz CT molecular complexity index is 493. The van der Waals surface area contributed by atoms with Crippen molar-refractivity contribution in [1.82, 2.24) is 9.55 Å². The highest BCUT2D eigenvalue weighted by Crippen LogP contribution is 2.22. The quantitative estimate of drug-likeness (QED) is 0.893. The van der Waals surface area contributed by atoms with Crippen LogP contribution in [0.5, 0.6) is 0 Å². The Balaban J connectivity index is 2.70. The van der Waals surface area contributed by atoms with Crippen LogP contribution < -0.4 is 5.14 Å². The number of halogens is 3. The van der Waals surface area contributed by atoms with Gasteiger partial charge in [-0.1, -0.05) is 0 Å². The lowest BCUT2D eigenvalue weighted by Crippen LogP contribution is -2.12. The van der Waals surface area contributed by atoms with Gasteiger partial charge >= 0.3 is 6.18 Å². The fourth-order valence-electron chi connectivity index (χ4n) is 1.29. The second-order valence-electron chi connectivity index (χ2n) is 3.58. The molecule has 0 unspecified atom stereocenters. The monoisotopic (exact) mass is 271 g/mol. The second-order valence-corrected chi connectivity index (χ2v) is 5.09. The van der Waals surface area contributed by atoms with E-state index in [1.54, 1.807) is 0 Å². The Morgan fingerprint density at radius 1 is 1.47 bits per heavy atom. The Morgan fingerprint density at radius 2 is 2.06 bits per heavy atom. The number of nitrogens with two attached hydrogens (primary N) is 1. The number of primary sulfonamides is 1. The van der Waals surface area contributed by atoms with Crippen molar-refractivity contribution in [3.63, 3.8) is 0 Å². The smallest absolute Gasteiger partial charge is 0.334 e. The first-order chi connectivity index (χ1) is 7.59. The third-order valence-electron chi connectivity index (χ3n) is 2.10. The first-order valence-electron chi connectivity index (χ1n) is 4.73. The van der Waals surface area contributed by atoms with E-state index in [0.717, 1.165) is 6.20 Å². The molecule has 0 atom stereocenters. The van der Waals surface area contributed by atoms with Gasteiger partial charge in [0.2, 0.25) is 0 Å². The van der Waals surface area contributed by atoms with E-state index in [0.29, 0.717) is 5.82 Å². The summed E-state index contributed by atoms with van der Waals surface area (Å²) in [6.07, 6.45) is -4.13. The molecule has 0 spiro atoms. The fourth-order valence-corrected chi connectivity index (χ4v) is 1.83. The summed E-state index contributed by atoms with van der Waals surface area (Å²) < 4.78 is 59.0. The van der Waals surface area contributed by atoms with Crippen LogP contribution in [0.25, 0.3) is 0 Å². The number of aryl methyl sites for hydroxylation is 2. The maximum absolute atomic E-state index is 11.9. The van der Waals surface area contributed by atoms with Crippen LogP contribution in [0, 0.1) is 6.92 Å². The molecule has 0 saturated heterocycles. The lowest BCUT2D eigenvalue weighted by atomic mass is 10.3. The predicted octanol–water partition coefficient (Wildman–Crippen LogP) is 1.18. The van der Waals surface area contributed by atoms with Crippen LogP contribution >= 0.6 is 0 Å². The van der Waals surface area contributed by atoms with Crippen LogP contribution in [0.3, 0.4) is 0 Å². The Morgan fingerprint density at radius 3 is 2.47 bits per heavy atom. The number of hydrogen-bond donors (Lipinski definition) is 1. The molecule has 0 radical (unpaired) electrons. The molecule has 1 aromatic rings. The Labute approximate surface area is 96.5 Å². The molecule has 1 heterocycles. The van der Waals surface area contributed by atoms with E-state index in [-0.39, 0.29) is 18.0 Å². The van der Waals surface area contributed by atoms with Crippen LogP contribution in [0.15, 0.2) is 11.2 Å². The maximum atomic E-state index is 11.9. The lowest BCUT2D eigenvalue weighted by molar-refractivity contribution is -0.135. The summed E-state index contributed by atoms with van der Waals surface area (Å²) in [6, 6.07) is 0. The molecule has 0 fully saturated rings. The van der Waals surface area contributed by atoms with E-state index < -0.39 is 22.6 Å². The average molecular weight is 271 g/mol. The van der Waals surface area contributed by atoms with Gasteiger partial charge in [0.1, 0.15) is 5.82 Å². The van der Waals surface area contributed by atoms with Gasteiger partial charge in [-0.2, -0.15) is 13.2 Å². The molecule has 0 aromatic carbocycles. The molecule has 17 heavy (non-hydrogen) atoms. The van der Waals surface area contributed by atoms with E-state index in [2.05, 4.69) is 4.98 Å². The van der Waals surface area contributed by atoms with Crippen molar-refractivity contribution in [1.29, 1.82) is 0 Å². The molecule has 0 aliphatic heterocycles. The zero-order chi connectivity index (χ0) is 13.3. The number of aromatic nitrogens is 2. The molecule has 0 aliphatic rings. The number of nitrogens with zero attached hydrogens (tertiary/aromatic N) is 2. The molecule has 1 aromatic heterocycles. The summed E-state index contributed by atoms with van der Waals surface area (Å²) in [7, 11) is -3.91. The highest BCUT2D eigenvalue weighted by molar-refractivity contribution is 7.89. The van der Waals surface area contributed by atoms with Gasteiger partial charge in [-0.15, -0.1) is 0 Å². The van der Waals surface area contributed by atoms with Crippen molar-refractivity contribution in [2.45, 2.75) is 37.5 Å². The molecule has 0 bridgehead atoms. The van der Waals surface area contributed by atoms with E-state index in [9.17, 15) is 21.6 Å². The average Bonchev–Trinajstić information content (AvgIpc) is 2.45. The number of alkyl halides is 3. The van der Waals surface area contributed by atoms with Gasteiger partial charge < -0.3 is 4.57 Å². The van der Waals surface area contributed by atoms with Crippen molar-refractivity contribution in [2.24, 2.45) is 5.14 Å². The minimum Gasteiger partial charge on any atom is -0.334 e. The van der Waals surface area contributed by atoms with Crippen LogP contribution in [-0.4, -0.2) is 24.1 Å². The summed E-state index contributed by atoms with van der Waals surface area (Å²) in [4.78, 5) is 3.67. The van der Waals surface area contributed by atoms with Gasteiger partial charge in [-0.05, 0) is 13.3 Å². The van der Waals surface area contributed by atoms with Gasteiger partial charge in [0, 0.05) is 19.2 Å². The molecule has 0 amide bonds. The van der Waals surface area contributed by atoms with Crippen molar-refractivity contribution < 1.29 is 21.6 Å². The third-order valence-corrected chi connectivity index (χ3v) is 2.88. The summed E-state index contributed by atoms with van der Waals surface area (Å²) >= 11 is 0.